The van der Waals surface area contributed by atoms with Crippen molar-refractivity contribution in [2.45, 2.75) is 6.54 Å². The number of nitrogen functional groups attached to an aromatic ring is 1. The molecule has 1 aromatic carbocycles. The first-order chi connectivity index (χ1) is 10.1. The Balaban J connectivity index is 2.27. The normalized spacial score (nSPS) is 10.1. The van der Waals surface area contributed by atoms with Gasteiger partial charge in [-0.2, -0.15) is 4.98 Å². The summed E-state index contributed by atoms with van der Waals surface area (Å²) in [5.41, 5.74) is 12.7. The Labute approximate surface area is 123 Å². The second kappa shape index (κ2) is 6.60. The van der Waals surface area contributed by atoms with E-state index in [0.717, 1.165) is 5.56 Å². The van der Waals surface area contributed by atoms with Crippen molar-refractivity contribution in [2.24, 2.45) is 5.73 Å². The largest absolute Gasteiger partial charge is 0.481 e. The van der Waals surface area contributed by atoms with Crippen LogP contribution >= 0.6 is 0 Å². The van der Waals surface area contributed by atoms with Gasteiger partial charge in [0.15, 0.2) is 0 Å². The van der Waals surface area contributed by atoms with Crippen LogP contribution < -0.4 is 21.1 Å². The molecular formula is C15H18N4O2. The summed E-state index contributed by atoms with van der Waals surface area (Å²) in [4.78, 5) is 17.4. The van der Waals surface area contributed by atoms with Crippen LogP contribution in [-0.4, -0.2) is 24.5 Å². The molecule has 2 aromatic rings. The Morgan fingerprint density at radius 1 is 1.29 bits per heavy atom. The molecule has 1 heterocycles. The topological polar surface area (TPSA) is 94.5 Å². The minimum absolute atomic E-state index is 0.0645. The Kier molecular flexibility index (Phi) is 4.61. The van der Waals surface area contributed by atoms with Crippen LogP contribution in [0.15, 0.2) is 42.5 Å². The predicted octanol–water partition coefficient (Wildman–Crippen LogP) is 1.16. The van der Waals surface area contributed by atoms with Crippen molar-refractivity contribution < 1.29 is 9.53 Å². The fourth-order valence-electron chi connectivity index (χ4n) is 2.01. The third kappa shape index (κ3) is 4.10. The van der Waals surface area contributed by atoms with E-state index in [9.17, 15) is 4.79 Å². The summed E-state index contributed by atoms with van der Waals surface area (Å²) in [6, 6.07) is 12.8. The zero-order valence-electron chi connectivity index (χ0n) is 11.8. The van der Waals surface area contributed by atoms with Crippen molar-refractivity contribution in [1.29, 1.82) is 0 Å². The smallest absolute Gasteiger partial charge is 0.237 e. The minimum Gasteiger partial charge on any atom is -0.481 e. The van der Waals surface area contributed by atoms with Gasteiger partial charge < -0.3 is 21.1 Å². The maximum atomic E-state index is 11.3. The van der Waals surface area contributed by atoms with Gasteiger partial charge in [0, 0.05) is 18.3 Å². The summed E-state index contributed by atoms with van der Waals surface area (Å²) < 4.78 is 5.11. The van der Waals surface area contributed by atoms with Crippen LogP contribution in [0.3, 0.4) is 0 Å². The number of ether oxygens (including phenoxy) is 1. The molecule has 0 saturated heterocycles. The van der Waals surface area contributed by atoms with Gasteiger partial charge in [-0.3, -0.25) is 4.79 Å². The number of benzene rings is 1. The lowest BCUT2D eigenvalue weighted by atomic mass is 10.2. The average molecular weight is 286 g/mol. The highest BCUT2D eigenvalue weighted by Gasteiger charge is 2.12. The Morgan fingerprint density at radius 2 is 2.05 bits per heavy atom. The van der Waals surface area contributed by atoms with Crippen molar-refractivity contribution in [2.75, 3.05) is 24.3 Å². The predicted molar refractivity (Wildman–Crippen MR) is 81.9 cm³/mol. The van der Waals surface area contributed by atoms with E-state index < -0.39 is 5.91 Å². The van der Waals surface area contributed by atoms with Crippen LogP contribution in [0, 0.1) is 0 Å². The van der Waals surface area contributed by atoms with Gasteiger partial charge in [0.05, 0.1) is 13.7 Å². The summed E-state index contributed by atoms with van der Waals surface area (Å²) in [6.07, 6.45) is 0. The number of anilines is 2. The number of primary amides is 1. The third-order valence-electron chi connectivity index (χ3n) is 2.91. The van der Waals surface area contributed by atoms with Crippen molar-refractivity contribution in [3.63, 3.8) is 0 Å². The number of hydrogen-bond donors (Lipinski definition) is 2. The average Bonchev–Trinajstić information content (AvgIpc) is 2.46. The molecule has 0 aliphatic heterocycles. The number of nitrogens with zero attached hydrogens (tertiary/aromatic N) is 2. The summed E-state index contributed by atoms with van der Waals surface area (Å²) in [6.45, 7) is 0.545. The summed E-state index contributed by atoms with van der Waals surface area (Å²) in [5, 5.41) is 0. The van der Waals surface area contributed by atoms with Gasteiger partial charge in [0.2, 0.25) is 11.8 Å². The summed E-state index contributed by atoms with van der Waals surface area (Å²) in [5.74, 6) is 0.675. The van der Waals surface area contributed by atoms with Crippen LogP contribution in [0.5, 0.6) is 5.88 Å². The molecule has 0 aliphatic rings. The number of pyridine rings is 1. The van der Waals surface area contributed by atoms with Gasteiger partial charge in [0.25, 0.3) is 0 Å². The number of hydrogen-bond acceptors (Lipinski definition) is 5. The van der Waals surface area contributed by atoms with Crippen LogP contribution in [-0.2, 0) is 11.3 Å². The Morgan fingerprint density at radius 3 is 2.71 bits per heavy atom. The van der Waals surface area contributed by atoms with Crippen molar-refractivity contribution >= 4 is 17.4 Å². The molecule has 0 aliphatic carbocycles. The SMILES string of the molecule is COc1cccc(N(CC(N)=O)Cc2cccc(N)c2)n1. The molecule has 1 aromatic heterocycles. The Hall–Kier alpha value is -2.76. The van der Waals surface area contributed by atoms with Crippen LogP contribution in [0.25, 0.3) is 0 Å². The van der Waals surface area contributed by atoms with Crippen LogP contribution in [0.4, 0.5) is 11.5 Å². The molecular weight excluding hydrogens is 268 g/mol. The van der Waals surface area contributed by atoms with E-state index in [0.29, 0.717) is 23.9 Å². The van der Waals surface area contributed by atoms with E-state index in [1.54, 1.807) is 24.1 Å². The van der Waals surface area contributed by atoms with Gasteiger partial charge in [-0.25, -0.2) is 0 Å². The monoisotopic (exact) mass is 286 g/mol. The third-order valence-corrected chi connectivity index (χ3v) is 2.91. The van der Waals surface area contributed by atoms with Crippen LogP contribution in [0.1, 0.15) is 5.56 Å². The van der Waals surface area contributed by atoms with Gasteiger partial charge in [0.1, 0.15) is 5.82 Å². The molecule has 0 spiro atoms. The fourth-order valence-corrected chi connectivity index (χ4v) is 2.01. The first-order valence-corrected chi connectivity index (χ1v) is 6.47. The lowest BCUT2D eigenvalue weighted by molar-refractivity contribution is -0.116. The van der Waals surface area contributed by atoms with Crippen LogP contribution in [0.2, 0.25) is 0 Å². The molecule has 2 rings (SSSR count). The standard InChI is InChI=1S/C15H18N4O2/c1-21-15-7-3-6-14(18-15)19(10-13(17)20)9-11-4-2-5-12(16)8-11/h2-8H,9-10,16H2,1H3,(H2,17,20). The van der Waals surface area contributed by atoms with Crippen molar-refractivity contribution in [1.82, 2.24) is 4.98 Å². The molecule has 0 saturated carbocycles. The molecule has 0 bridgehead atoms. The van der Waals surface area contributed by atoms with Gasteiger partial charge >= 0.3 is 0 Å². The van der Waals surface area contributed by atoms with E-state index in [-0.39, 0.29) is 6.54 Å². The second-order valence-corrected chi connectivity index (χ2v) is 4.61. The highest BCUT2D eigenvalue weighted by Crippen LogP contribution is 2.18. The fraction of sp³-hybridized carbons (Fsp3) is 0.200. The Bertz CT molecular complexity index is 631. The van der Waals surface area contributed by atoms with E-state index in [2.05, 4.69) is 4.98 Å². The quantitative estimate of drug-likeness (QED) is 0.777. The molecule has 0 atom stereocenters. The van der Waals surface area contributed by atoms with E-state index in [1.165, 1.54) is 0 Å². The molecule has 6 nitrogen and oxygen atoms in total. The molecule has 6 heteroatoms. The first-order valence-electron chi connectivity index (χ1n) is 6.47. The number of carbonyl (C=O) groups excluding carboxylic acids is 1. The molecule has 21 heavy (non-hydrogen) atoms. The zero-order chi connectivity index (χ0) is 15.2. The number of aromatic nitrogens is 1. The molecule has 0 radical (unpaired) electrons. The number of nitrogens with two attached hydrogens (primary N) is 2. The summed E-state index contributed by atoms with van der Waals surface area (Å²) in [7, 11) is 1.54. The lowest BCUT2D eigenvalue weighted by Crippen LogP contribution is -2.34. The van der Waals surface area contributed by atoms with Gasteiger partial charge in [-0.05, 0) is 23.8 Å². The molecule has 4 N–H and O–H groups in total. The van der Waals surface area contributed by atoms with E-state index >= 15 is 0 Å². The van der Waals surface area contributed by atoms with Gasteiger partial charge in [-0.15, -0.1) is 0 Å². The zero-order valence-corrected chi connectivity index (χ0v) is 11.8. The molecule has 0 unspecified atom stereocenters. The number of rotatable bonds is 6. The van der Waals surface area contributed by atoms with Crippen molar-refractivity contribution in [3.8, 4) is 5.88 Å². The number of amides is 1. The molecule has 0 fully saturated rings. The highest BCUT2D eigenvalue weighted by atomic mass is 16.5. The van der Waals surface area contributed by atoms with E-state index in [1.807, 2.05) is 30.3 Å². The maximum absolute atomic E-state index is 11.3. The first kappa shape index (κ1) is 14.6. The van der Waals surface area contributed by atoms with E-state index in [4.69, 9.17) is 16.2 Å². The molecule has 1 amide bonds. The highest BCUT2D eigenvalue weighted by molar-refractivity contribution is 5.79. The van der Waals surface area contributed by atoms with Crippen molar-refractivity contribution in [3.05, 3.63) is 48.0 Å². The summed E-state index contributed by atoms with van der Waals surface area (Å²) >= 11 is 0. The molecule has 110 valence electrons. The number of carbonyl (C=O) groups is 1. The second-order valence-electron chi connectivity index (χ2n) is 4.61. The maximum Gasteiger partial charge on any atom is 0.237 e. The lowest BCUT2D eigenvalue weighted by Gasteiger charge is -2.22. The number of methoxy groups -OCH3 is 1. The minimum atomic E-state index is -0.427. The van der Waals surface area contributed by atoms with Gasteiger partial charge in [-0.1, -0.05) is 18.2 Å².